The highest BCUT2D eigenvalue weighted by atomic mass is 16.5. The van der Waals surface area contributed by atoms with Crippen LogP contribution in [0.5, 0.6) is 5.75 Å². The lowest BCUT2D eigenvalue weighted by atomic mass is 9.99. The Bertz CT molecular complexity index is 1120. The van der Waals surface area contributed by atoms with Crippen LogP contribution in [0.25, 0.3) is 22.0 Å². The van der Waals surface area contributed by atoms with Crippen LogP contribution in [0.1, 0.15) is 15.9 Å². The Morgan fingerprint density at radius 2 is 1.71 bits per heavy atom. The Morgan fingerprint density at radius 1 is 0.929 bits per heavy atom. The van der Waals surface area contributed by atoms with E-state index >= 15 is 0 Å². The van der Waals surface area contributed by atoms with E-state index in [0.29, 0.717) is 12.1 Å². The van der Waals surface area contributed by atoms with Crippen molar-refractivity contribution in [1.29, 1.82) is 0 Å². The molecule has 1 N–H and O–H groups in total. The maximum absolute atomic E-state index is 11.7. The molecule has 138 valence electrons. The molecule has 0 atom stereocenters. The lowest BCUT2D eigenvalue weighted by molar-refractivity contribution is 0.0699. The van der Waals surface area contributed by atoms with Crippen molar-refractivity contribution in [2.45, 2.75) is 6.42 Å². The van der Waals surface area contributed by atoms with Crippen molar-refractivity contribution in [3.63, 3.8) is 0 Å². The molecule has 0 aliphatic heterocycles. The number of rotatable bonds is 6. The zero-order valence-corrected chi connectivity index (χ0v) is 15.2. The van der Waals surface area contributed by atoms with Crippen molar-refractivity contribution in [2.75, 3.05) is 6.61 Å². The van der Waals surface area contributed by atoms with Gasteiger partial charge in [0.1, 0.15) is 5.75 Å². The molecule has 0 aliphatic rings. The van der Waals surface area contributed by atoms with E-state index in [-0.39, 0.29) is 5.56 Å². The first-order valence-corrected chi connectivity index (χ1v) is 9.10. The van der Waals surface area contributed by atoms with Gasteiger partial charge in [0, 0.05) is 23.6 Å². The predicted octanol–water partition coefficient (Wildman–Crippen LogP) is 5.22. The number of carboxylic acid groups (broad SMARTS) is 1. The first-order chi connectivity index (χ1) is 13.7. The highest BCUT2D eigenvalue weighted by molar-refractivity contribution is 6.04. The number of fused-ring (bicyclic) bond motifs is 1. The van der Waals surface area contributed by atoms with E-state index in [2.05, 4.69) is 17.1 Å². The summed E-state index contributed by atoms with van der Waals surface area (Å²) in [5.41, 5.74) is 3.55. The Morgan fingerprint density at radius 3 is 2.54 bits per heavy atom. The minimum absolute atomic E-state index is 0.187. The summed E-state index contributed by atoms with van der Waals surface area (Å²) in [5.74, 6) is -0.258. The largest absolute Gasteiger partial charge is 0.493 e. The molecule has 0 saturated carbocycles. The van der Waals surface area contributed by atoms with E-state index in [4.69, 9.17) is 4.74 Å². The summed E-state index contributed by atoms with van der Waals surface area (Å²) in [7, 11) is 0. The molecule has 1 heterocycles. The van der Waals surface area contributed by atoms with Gasteiger partial charge in [0.05, 0.1) is 17.7 Å². The third-order valence-corrected chi connectivity index (χ3v) is 4.62. The van der Waals surface area contributed by atoms with Gasteiger partial charge in [0.25, 0.3) is 0 Å². The second kappa shape index (κ2) is 7.92. The lowest BCUT2D eigenvalue weighted by Gasteiger charge is -2.13. The maximum atomic E-state index is 11.7. The minimum atomic E-state index is -0.993. The molecule has 4 nitrogen and oxygen atoms in total. The number of para-hydroxylation sites is 1. The monoisotopic (exact) mass is 369 g/mol. The van der Waals surface area contributed by atoms with Crippen molar-refractivity contribution >= 4 is 16.9 Å². The fourth-order valence-corrected chi connectivity index (χ4v) is 3.27. The van der Waals surface area contributed by atoms with Gasteiger partial charge in [-0.1, -0.05) is 54.6 Å². The molecule has 4 rings (SSSR count). The average Bonchev–Trinajstić information content (AvgIpc) is 2.74. The molecule has 4 aromatic rings. The van der Waals surface area contributed by atoms with E-state index in [1.54, 1.807) is 18.3 Å². The van der Waals surface area contributed by atoms with E-state index in [1.165, 1.54) is 5.56 Å². The fourth-order valence-electron chi connectivity index (χ4n) is 3.27. The molecule has 0 unspecified atom stereocenters. The van der Waals surface area contributed by atoms with E-state index in [0.717, 1.165) is 28.7 Å². The number of pyridine rings is 1. The molecule has 0 spiro atoms. The summed E-state index contributed by atoms with van der Waals surface area (Å²) < 4.78 is 6.04. The Balaban J connectivity index is 1.67. The highest BCUT2D eigenvalue weighted by Crippen LogP contribution is 2.33. The molecule has 3 aromatic carbocycles. The maximum Gasteiger partial charge on any atom is 0.337 e. The second-order valence-corrected chi connectivity index (χ2v) is 6.48. The minimum Gasteiger partial charge on any atom is -0.493 e. The third-order valence-electron chi connectivity index (χ3n) is 4.62. The zero-order chi connectivity index (χ0) is 19.3. The Kier molecular flexibility index (Phi) is 5.02. The molecule has 0 aliphatic carbocycles. The van der Waals surface area contributed by atoms with Crippen LogP contribution in [0.15, 0.2) is 85.1 Å². The van der Waals surface area contributed by atoms with Crippen molar-refractivity contribution in [1.82, 2.24) is 4.98 Å². The highest BCUT2D eigenvalue weighted by Gasteiger charge is 2.14. The molecule has 0 saturated heterocycles. The number of aromatic carboxylic acids is 1. The summed E-state index contributed by atoms with van der Waals surface area (Å²) >= 11 is 0. The van der Waals surface area contributed by atoms with Gasteiger partial charge >= 0.3 is 5.97 Å². The van der Waals surface area contributed by atoms with Gasteiger partial charge in [-0.3, -0.25) is 4.98 Å². The Hall–Kier alpha value is -3.66. The number of ether oxygens (including phenoxy) is 1. The average molecular weight is 369 g/mol. The van der Waals surface area contributed by atoms with Crippen LogP contribution in [0.2, 0.25) is 0 Å². The normalized spacial score (nSPS) is 10.7. The van der Waals surface area contributed by atoms with Crippen LogP contribution in [0, 0.1) is 0 Å². The SMILES string of the molecule is O=C(O)c1cc(-c2ccccc2OCCc2ccccc2)cc2cccnc12. The fraction of sp³-hybridized carbons (Fsp3) is 0.0833. The van der Waals surface area contributed by atoms with Crippen LogP contribution in [-0.2, 0) is 6.42 Å². The Labute approximate surface area is 163 Å². The van der Waals surface area contributed by atoms with E-state index in [1.807, 2.05) is 54.6 Å². The smallest absolute Gasteiger partial charge is 0.337 e. The number of hydrogen-bond acceptors (Lipinski definition) is 3. The van der Waals surface area contributed by atoms with Crippen molar-refractivity contribution in [3.8, 4) is 16.9 Å². The van der Waals surface area contributed by atoms with Crippen molar-refractivity contribution in [3.05, 3.63) is 96.2 Å². The molecule has 4 heteroatoms. The van der Waals surface area contributed by atoms with Gasteiger partial charge in [-0.15, -0.1) is 0 Å². The van der Waals surface area contributed by atoms with Gasteiger partial charge in [0.2, 0.25) is 0 Å². The predicted molar refractivity (Wildman–Crippen MR) is 110 cm³/mol. The molecular formula is C24H19NO3. The molecule has 0 radical (unpaired) electrons. The van der Waals surface area contributed by atoms with Crippen LogP contribution < -0.4 is 4.74 Å². The van der Waals surface area contributed by atoms with E-state index < -0.39 is 5.97 Å². The molecule has 28 heavy (non-hydrogen) atoms. The van der Waals surface area contributed by atoms with Crippen LogP contribution in [-0.4, -0.2) is 22.7 Å². The van der Waals surface area contributed by atoms with Gasteiger partial charge in [-0.2, -0.15) is 0 Å². The number of carbonyl (C=O) groups is 1. The van der Waals surface area contributed by atoms with Gasteiger partial charge in [-0.05, 0) is 35.4 Å². The second-order valence-electron chi connectivity index (χ2n) is 6.48. The summed E-state index contributed by atoms with van der Waals surface area (Å²) in [4.78, 5) is 16.0. The number of benzene rings is 3. The topological polar surface area (TPSA) is 59.4 Å². The van der Waals surface area contributed by atoms with E-state index in [9.17, 15) is 9.90 Å². The summed E-state index contributed by atoms with van der Waals surface area (Å²) in [5, 5.41) is 10.4. The van der Waals surface area contributed by atoms with Crippen molar-refractivity contribution < 1.29 is 14.6 Å². The van der Waals surface area contributed by atoms with Gasteiger partial charge in [-0.25, -0.2) is 4.79 Å². The molecule has 1 aromatic heterocycles. The van der Waals surface area contributed by atoms with Crippen LogP contribution >= 0.6 is 0 Å². The number of nitrogens with zero attached hydrogens (tertiary/aromatic N) is 1. The van der Waals surface area contributed by atoms with Crippen LogP contribution in [0.4, 0.5) is 0 Å². The summed E-state index contributed by atoms with van der Waals surface area (Å²) in [6, 6.07) is 25.2. The standard InChI is InChI=1S/C24H19NO3/c26-24(27)21-16-19(15-18-9-6-13-25-23(18)21)20-10-4-5-11-22(20)28-14-12-17-7-2-1-3-8-17/h1-11,13,15-16H,12,14H2,(H,26,27). The quantitative estimate of drug-likeness (QED) is 0.506. The molecular weight excluding hydrogens is 350 g/mol. The molecule has 0 bridgehead atoms. The number of carboxylic acids is 1. The lowest BCUT2D eigenvalue weighted by Crippen LogP contribution is -2.03. The molecule has 0 fully saturated rings. The summed E-state index contributed by atoms with van der Waals surface area (Å²) in [6.07, 6.45) is 2.41. The number of hydrogen-bond donors (Lipinski definition) is 1. The zero-order valence-electron chi connectivity index (χ0n) is 15.2. The van der Waals surface area contributed by atoms with Gasteiger partial charge in [0.15, 0.2) is 0 Å². The first kappa shape index (κ1) is 17.7. The van der Waals surface area contributed by atoms with Gasteiger partial charge < -0.3 is 9.84 Å². The van der Waals surface area contributed by atoms with Crippen molar-refractivity contribution in [2.24, 2.45) is 0 Å². The molecule has 0 amide bonds. The third kappa shape index (κ3) is 3.71. The summed E-state index contributed by atoms with van der Waals surface area (Å²) in [6.45, 7) is 0.544. The van der Waals surface area contributed by atoms with Crippen LogP contribution in [0.3, 0.4) is 0 Å². The number of aromatic nitrogens is 1. The first-order valence-electron chi connectivity index (χ1n) is 9.10.